The number of carbonyl (C=O) groups excluding carboxylic acids is 1. The standard InChI is InChI=1S/C11H21NO2/c1-5-7-11(14)12(9(3)4)10(6-2)8-13/h5,7,9-10,13H,6,8H2,1-4H3/b7-5+/t10-/m1/s1. The lowest BCUT2D eigenvalue weighted by atomic mass is 10.1. The first-order valence-electron chi connectivity index (χ1n) is 5.14. The second-order valence-electron chi connectivity index (χ2n) is 3.58. The molecule has 0 aromatic rings. The SMILES string of the molecule is C/C=C/C(=O)N(C(C)C)[C@H](CC)CO. The van der Waals surface area contributed by atoms with Gasteiger partial charge in [0.25, 0.3) is 0 Å². The lowest BCUT2D eigenvalue weighted by Gasteiger charge is -2.32. The molecule has 0 aliphatic heterocycles. The van der Waals surface area contributed by atoms with Crippen LogP contribution in [0.2, 0.25) is 0 Å². The van der Waals surface area contributed by atoms with Gasteiger partial charge in [0.1, 0.15) is 0 Å². The Labute approximate surface area is 86.4 Å². The molecule has 0 heterocycles. The molecule has 0 rings (SSSR count). The van der Waals surface area contributed by atoms with Crippen LogP contribution in [0.15, 0.2) is 12.2 Å². The Bertz CT molecular complexity index is 195. The van der Waals surface area contributed by atoms with Crippen molar-refractivity contribution in [1.82, 2.24) is 4.90 Å². The van der Waals surface area contributed by atoms with Crippen LogP contribution in [0.5, 0.6) is 0 Å². The third kappa shape index (κ3) is 3.50. The first-order chi connectivity index (χ1) is 6.58. The fourth-order valence-electron chi connectivity index (χ4n) is 1.50. The third-order valence-corrected chi connectivity index (χ3v) is 2.20. The van der Waals surface area contributed by atoms with Crippen LogP contribution in [0.4, 0.5) is 0 Å². The monoisotopic (exact) mass is 199 g/mol. The molecule has 0 bridgehead atoms. The maximum absolute atomic E-state index is 11.7. The molecular formula is C11H21NO2. The summed E-state index contributed by atoms with van der Waals surface area (Å²) in [5.41, 5.74) is 0. The minimum atomic E-state index is -0.0706. The Kier molecular flexibility index (Phi) is 6.21. The highest BCUT2D eigenvalue weighted by Gasteiger charge is 2.22. The molecule has 0 radical (unpaired) electrons. The normalized spacial score (nSPS) is 13.6. The second kappa shape index (κ2) is 6.60. The van der Waals surface area contributed by atoms with Gasteiger partial charge in [0.15, 0.2) is 0 Å². The Hall–Kier alpha value is -0.830. The van der Waals surface area contributed by atoms with Crippen molar-refractivity contribution in [2.24, 2.45) is 0 Å². The van der Waals surface area contributed by atoms with Crippen molar-refractivity contribution in [2.45, 2.75) is 46.2 Å². The van der Waals surface area contributed by atoms with E-state index in [1.54, 1.807) is 17.1 Å². The summed E-state index contributed by atoms with van der Waals surface area (Å²) in [4.78, 5) is 13.4. The van der Waals surface area contributed by atoms with Gasteiger partial charge in [-0.3, -0.25) is 4.79 Å². The lowest BCUT2D eigenvalue weighted by molar-refractivity contribution is -0.131. The summed E-state index contributed by atoms with van der Waals surface area (Å²) in [6.45, 7) is 7.73. The van der Waals surface area contributed by atoms with Gasteiger partial charge in [-0.1, -0.05) is 13.0 Å². The average Bonchev–Trinajstić information content (AvgIpc) is 2.13. The molecule has 0 fully saturated rings. The molecule has 0 aromatic carbocycles. The molecule has 0 spiro atoms. The van der Waals surface area contributed by atoms with Crippen LogP contribution in [0.1, 0.15) is 34.1 Å². The van der Waals surface area contributed by atoms with Gasteiger partial charge >= 0.3 is 0 Å². The van der Waals surface area contributed by atoms with Gasteiger partial charge in [-0.05, 0) is 33.3 Å². The van der Waals surface area contributed by atoms with Gasteiger partial charge in [-0.15, -0.1) is 0 Å². The van der Waals surface area contributed by atoms with E-state index in [1.807, 2.05) is 27.7 Å². The number of hydrogen-bond donors (Lipinski definition) is 1. The van der Waals surface area contributed by atoms with Crippen molar-refractivity contribution in [2.75, 3.05) is 6.61 Å². The summed E-state index contributed by atoms with van der Waals surface area (Å²) >= 11 is 0. The minimum absolute atomic E-state index is 0.0246. The minimum Gasteiger partial charge on any atom is -0.394 e. The Balaban J connectivity index is 4.65. The van der Waals surface area contributed by atoms with E-state index in [-0.39, 0.29) is 24.6 Å². The summed E-state index contributed by atoms with van der Waals surface area (Å²) in [6.07, 6.45) is 4.04. The molecule has 0 saturated carbocycles. The number of hydrogen-bond acceptors (Lipinski definition) is 2. The molecule has 82 valence electrons. The number of aliphatic hydroxyl groups excluding tert-OH is 1. The van der Waals surface area contributed by atoms with Gasteiger partial charge in [-0.25, -0.2) is 0 Å². The van der Waals surface area contributed by atoms with Crippen molar-refractivity contribution < 1.29 is 9.90 Å². The highest BCUT2D eigenvalue weighted by atomic mass is 16.3. The first kappa shape index (κ1) is 13.2. The summed E-state index contributed by atoms with van der Waals surface area (Å²) in [7, 11) is 0. The van der Waals surface area contributed by atoms with Crippen molar-refractivity contribution in [3.05, 3.63) is 12.2 Å². The van der Waals surface area contributed by atoms with E-state index in [9.17, 15) is 4.79 Å². The topological polar surface area (TPSA) is 40.5 Å². The van der Waals surface area contributed by atoms with E-state index in [2.05, 4.69) is 0 Å². The van der Waals surface area contributed by atoms with Gasteiger partial charge in [-0.2, -0.15) is 0 Å². The Morgan fingerprint density at radius 1 is 1.50 bits per heavy atom. The van der Waals surface area contributed by atoms with E-state index < -0.39 is 0 Å². The van der Waals surface area contributed by atoms with Crippen molar-refractivity contribution in [3.8, 4) is 0 Å². The molecule has 0 aliphatic carbocycles. The number of amides is 1. The molecule has 1 N–H and O–H groups in total. The third-order valence-electron chi connectivity index (χ3n) is 2.20. The number of allylic oxidation sites excluding steroid dienone is 1. The molecule has 0 unspecified atom stereocenters. The van der Waals surface area contributed by atoms with Crippen molar-refractivity contribution in [1.29, 1.82) is 0 Å². The highest BCUT2D eigenvalue weighted by molar-refractivity contribution is 5.88. The predicted molar refractivity (Wildman–Crippen MR) is 58.0 cm³/mol. The number of carbonyl (C=O) groups is 1. The van der Waals surface area contributed by atoms with Crippen LogP contribution < -0.4 is 0 Å². The largest absolute Gasteiger partial charge is 0.394 e. The van der Waals surface area contributed by atoms with Crippen LogP contribution >= 0.6 is 0 Å². The van der Waals surface area contributed by atoms with Crippen LogP contribution in [0.3, 0.4) is 0 Å². The zero-order valence-corrected chi connectivity index (χ0v) is 9.53. The summed E-state index contributed by atoms with van der Waals surface area (Å²) < 4.78 is 0. The van der Waals surface area contributed by atoms with Gasteiger partial charge in [0.05, 0.1) is 12.6 Å². The van der Waals surface area contributed by atoms with Gasteiger partial charge in [0.2, 0.25) is 5.91 Å². The van der Waals surface area contributed by atoms with E-state index in [0.717, 1.165) is 6.42 Å². The molecule has 0 aromatic heterocycles. The van der Waals surface area contributed by atoms with Crippen molar-refractivity contribution >= 4 is 5.91 Å². The number of nitrogens with zero attached hydrogens (tertiary/aromatic N) is 1. The van der Waals surface area contributed by atoms with E-state index in [4.69, 9.17) is 5.11 Å². The average molecular weight is 199 g/mol. The molecular weight excluding hydrogens is 178 g/mol. The smallest absolute Gasteiger partial charge is 0.246 e. The molecule has 1 amide bonds. The van der Waals surface area contributed by atoms with E-state index >= 15 is 0 Å². The molecule has 3 heteroatoms. The number of rotatable bonds is 5. The molecule has 1 atom stereocenters. The van der Waals surface area contributed by atoms with Crippen LogP contribution in [0, 0.1) is 0 Å². The van der Waals surface area contributed by atoms with Gasteiger partial charge in [0, 0.05) is 6.04 Å². The van der Waals surface area contributed by atoms with E-state index in [0.29, 0.717) is 0 Å². The zero-order valence-electron chi connectivity index (χ0n) is 9.53. The van der Waals surface area contributed by atoms with Crippen molar-refractivity contribution in [3.63, 3.8) is 0 Å². The first-order valence-corrected chi connectivity index (χ1v) is 5.14. The quantitative estimate of drug-likeness (QED) is 0.683. The Morgan fingerprint density at radius 3 is 2.36 bits per heavy atom. The predicted octanol–water partition coefficient (Wildman–Crippen LogP) is 1.57. The molecule has 0 saturated heterocycles. The summed E-state index contributed by atoms with van der Waals surface area (Å²) in [6, 6.07) is 0.0505. The van der Waals surface area contributed by atoms with Crippen LogP contribution in [-0.2, 0) is 4.79 Å². The lowest BCUT2D eigenvalue weighted by Crippen LogP contribution is -2.45. The molecule has 14 heavy (non-hydrogen) atoms. The zero-order chi connectivity index (χ0) is 11.1. The second-order valence-corrected chi connectivity index (χ2v) is 3.58. The number of aliphatic hydroxyl groups is 1. The van der Waals surface area contributed by atoms with Crippen LogP contribution in [-0.4, -0.2) is 34.6 Å². The maximum atomic E-state index is 11.7. The summed E-state index contributed by atoms with van der Waals surface area (Å²) in [5, 5.41) is 9.14. The van der Waals surface area contributed by atoms with Crippen LogP contribution in [0.25, 0.3) is 0 Å². The fraction of sp³-hybridized carbons (Fsp3) is 0.727. The molecule has 0 aliphatic rings. The molecule has 3 nitrogen and oxygen atoms in total. The fourth-order valence-corrected chi connectivity index (χ4v) is 1.50. The van der Waals surface area contributed by atoms with E-state index in [1.165, 1.54) is 0 Å². The summed E-state index contributed by atoms with van der Waals surface area (Å²) in [5.74, 6) is -0.0246. The maximum Gasteiger partial charge on any atom is 0.246 e. The highest BCUT2D eigenvalue weighted by Crippen LogP contribution is 2.09. The Morgan fingerprint density at radius 2 is 2.07 bits per heavy atom. The van der Waals surface area contributed by atoms with Gasteiger partial charge < -0.3 is 10.0 Å².